The lowest BCUT2D eigenvalue weighted by molar-refractivity contribution is -0.142. The molecule has 2 aromatic rings. The monoisotopic (exact) mass is 362 g/mol. The van der Waals surface area contributed by atoms with E-state index in [4.69, 9.17) is 14.5 Å². The quantitative estimate of drug-likeness (QED) is 0.493. The summed E-state index contributed by atoms with van der Waals surface area (Å²) in [5.74, 6) is 0.952. The molecule has 2 rings (SSSR count). The number of hydrogen-bond donors (Lipinski definition) is 0. The van der Waals surface area contributed by atoms with Crippen LogP contribution in [0.2, 0.25) is 0 Å². The number of benzene rings is 1. The molecule has 0 aliphatic heterocycles. The molecule has 0 N–H and O–H groups in total. The first kappa shape index (κ1) is 19.5. The summed E-state index contributed by atoms with van der Waals surface area (Å²) in [6.07, 6.45) is 0. The van der Waals surface area contributed by atoms with Gasteiger partial charge >= 0.3 is 5.97 Å². The lowest BCUT2D eigenvalue weighted by Gasteiger charge is -2.11. The average Bonchev–Trinajstić information content (AvgIpc) is 2.93. The fourth-order valence-electron chi connectivity index (χ4n) is 2.43. The van der Waals surface area contributed by atoms with Gasteiger partial charge in [0.15, 0.2) is 0 Å². The maximum Gasteiger partial charge on any atom is 0.302 e. The van der Waals surface area contributed by atoms with E-state index in [9.17, 15) is 4.79 Å². The summed E-state index contributed by atoms with van der Waals surface area (Å²) in [4.78, 5) is 16.8. The average molecular weight is 362 g/mol. The van der Waals surface area contributed by atoms with Crippen molar-refractivity contribution in [3.05, 3.63) is 41.9 Å². The lowest BCUT2D eigenvalue weighted by Crippen LogP contribution is -2.10. The summed E-state index contributed by atoms with van der Waals surface area (Å²) in [7, 11) is 0. The summed E-state index contributed by atoms with van der Waals surface area (Å²) >= 11 is 1.74. The van der Waals surface area contributed by atoms with Crippen LogP contribution in [-0.2, 0) is 27.4 Å². The Morgan fingerprint density at radius 1 is 1.24 bits per heavy atom. The highest BCUT2D eigenvalue weighted by atomic mass is 32.2. The second kappa shape index (κ2) is 9.63. The Morgan fingerprint density at radius 2 is 1.96 bits per heavy atom. The van der Waals surface area contributed by atoms with Crippen molar-refractivity contribution in [3.8, 4) is 0 Å². The Labute approximate surface area is 153 Å². The SMILES string of the molecule is CCn1c(COCCOC(C)=O)nc(C(C)C)c1Sc1ccccc1. The van der Waals surface area contributed by atoms with Gasteiger partial charge in [-0.3, -0.25) is 4.79 Å². The van der Waals surface area contributed by atoms with Crippen molar-refractivity contribution in [2.75, 3.05) is 13.2 Å². The molecule has 0 amide bonds. The Hall–Kier alpha value is -1.79. The number of rotatable bonds is 9. The highest BCUT2D eigenvalue weighted by molar-refractivity contribution is 7.99. The van der Waals surface area contributed by atoms with Crippen LogP contribution in [0.25, 0.3) is 0 Å². The van der Waals surface area contributed by atoms with Gasteiger partial charge in [-0.1, -0.05) is 43.8 Å². The number of hydrogen-bond acceptors (Lipinski definition) is 5. The molecule has 0 spiro atoms. The lowest BCUT2D eigenvalue weighted by atomic mass is 10.1. The smallest absolute Gasteiger partial charge is 0.302 e. The molecule has 0 bridgehead atoms. The van der Waals surface area contributed by atoms with Gasteiger partial charge in [-0.2, -0.15) is 0 Å². The fraction of sp³-hybridized carbons (Fsp3) is 0.474. The van der Waals surface area contributed by atoms with Crippen LogP contribution in [0.15, 0.2) is 40.3 Å². The third-order valence-electron chi connectivity index (χ3n) is 3.61. The molecule has 136 valence electrons. The first-order valence-corrected chi connectivity index (χ1v) is 9.37. The molecule has 5 nitrogen and oxygen atoms in total. The van der Waals surface area contributed by atoms with Gasteiger partial charge in [0.2, 0.25) is 0 Å². The predicted octanol–water partition coefficient (Wildman–Crippen LogP) is 4.26. The molecular formula is C19H26N2O3S. The molecule has 6 heteroatoms. The zero-order valence-electron chi connectivity index (χ0n) is 15.3. The summed E-state index contributed by atoms with van der Waals surface area (Å²) in [6, 6.07) is 10.3. The molecule has 0 atom stereocenters. The van der Waals surface area contributed by atoms with Crippen LogP contribution in [0.5, 0.6) is 0 Å². The van der Waals surface area contributed by atoms with Gasteiger partial charge in [0.05, 0.1) is 12.3 Å². The molecule has 0 aliphatic rings. The van der Waals surface area contributed by atoms with E-state index in [0.717, 1.165) is 18.1 Å². The minimum atomic E-state index is -0.290. The maximum atomic E-state index is 10.8. The van der Waals surface area contributed by atoms with Gasteiger partial charge in [0, 0.05) is 18.4 Å². The molecule has 1 heterocycles. The summed E-state index contributed by atoms with van der Waals surface area (Å²) in [6.45, 7) is 9.70. The van der Waals surface area contributed by atoms with E-state index in [2.05, 4.69) is 37.5 Å². The molecule has 25 heavy (non-hydrogen) atoms. The zero-order valence-corrected chi connectivity index (χ0v) is 16.1. The highest BCUT2D eigenvalue weighted by Crippen LogP contribution is 2.34. The van der Waals surface area contributed by atoms with Crippen LogP contribution in [0, 0.1) is 0 Å². The van der Waals surface area contributed by atoms with Gasteiger partial charge in [0.25, 0.3) is 0 Å². The summed E-state index contributed by atoms with van der Waals surface area (Å²) in [5, 5.41) is 1.17. The van der Waals surface area contributed by atoms with Crippen molar-refractivity contribution in [3.63, 3.8) is 0 Å². The van der Waals surface area contributed by atoms with E-state index in [1.54, 1.807) is 11.8 Å². The number of carbonyl (C=O) groups is 1. The van der Waals surface area contributed by atoms with Crippen LogP contribution in [0.4, 0.5) is 0 Å². The van der Waals surface area contributed by atoms with E-state index >= 15 is 0 Å². The normalized spacial score (nSPS) is 11.1. The van der Waals surface area contributed by atoms with Gasteiger partial charge < -0.3 is 14.0 Å². The van der Waals surface area contributed by atoms with Gasteiger partial charge in [0.1, 0.15) is 24.1 Å². The van der Waals surface area contributed by atoms with E-state index in [0.29, 0.717) is 19.1 Å². The van der Waals surface area contributed by atoms with Crippen molar-refractivity contribution in [2.24, 2.45) is 0 Å². The Bertz CT molecular complexity index is 683. The minimum absolute atomic E-state index is 0.269. The number of nitrogens with zero attached hydrogens (tertiary/aromatic N) is 2. The molecule has 1 aromatic heterocycles. The summed E-state index contributed by atoms with van der Waals surface area (Å²) < 4.78 is 12.7. The van der Waals surface area contributed by atoms with Crippen molar-refractivity contribution in [2.45, 2.75) is 56.7 Å². The summed E-state index contributed by atoms with van der Waals surface area (Å²) in [5.41, 5.74) is 1.09. The van der Waals surface area contributed by atoms with Crippen LogP contribution in [0.3, 0.4) is 0 Å². The first-order valence-electron chi connectivity index (χ1n) is 8.56. The third-order valence-corrected chi connectivity index (χ3v) is 4.74. The van der Waals surface area contributed by atoms with Crippen LogP contribution in [0.1, 0.15) is 45.1 Å². The largest absolute Gasteiger partial charge is 0.463 e. The molecule has 1 aromatic carbocycles. The van der Waals surface area contributed by atoms with E-state index in [-0.39, 0.29) is 12.6 Å². The standard InChI is InChI=1S/C19H26N2O3S/c1-5-21-17(13-23-11-12-24-15(4)22)20-18(14(2)3)19(21)25-16-9-7-6-8-10-16/h6-10,14H,5,11-13H2,1-4H3. The first-order chi connectivity index (χ1) is 12.0. The molecule has 0 radical (unpaired) electrons. The second-order valence-electron chi connectivity index (χ2n) is 5.93. The molecule has 0 saturated carbocycles. The second-order valence-corrected chi connectivity index (χ2v) is 6.99. The Kier molecular flexibility index (Phi) is 7.52. The van der Waals surface area contributed by atoms with Crippen molar-refractivity contribution >= 4 is 17.7 Å². The van der Waals surface area contributed by atoms with Gasteiger partial charge in [-0.25, -0.2) is 4.98 Å². The number of aromatic nitrogens is 2. The van der Waals surface area contributed by atoms with E-state index < -0.39 is 0 Å². The van der Waals surface area contributed by atoms with Crippen LogP contribution >= 0.6 is 11.8 Å². The molecule has 0 aliphatic carbocycles. The number of carbonyl (C=O) groups excluding carboxylic acids is 1. The van der Waals surface area contributed by atoms with E-state index in [1.807, 2.05) is 18.2 Å². The van der Waals surface area contributed by atoms with Gasteiger partial charge in [-0.15, -0.1) is 0 Å². The number of imidazole rings is 1. The number of ether oxygens (including phenoxy) is 2. The van der Waals surface area contributed by atoms with E-state index in [1.165, 1.54) is 16.8 Å². The predicted molar refractivity (Wildman–Crippen MR) is 98.8 cm³/mol. The fourth-order valence-corrected chi connectivity index (χ4v) is 3.68. The zero-order chi connectivity index (χ0) is 18.2. The number of esters is 1. The molecule has 0 unspecified atom stereocenters. The third kappa shape index (κ3) is 5.61. The van der Waals surface area contributed by atoms with Gasteiger partial charge in [-0.05, 0) is 25.0 Å². The van der Waals surface area contributed by atoms with Crippen LogP contribution < -0.4 is 0 Å². The van der Waals surface area contributed by atoms with Crippen molar-refractivity contribution < 1.29 is 14.3 Å². The molecule has 0 fully saturated rings. The van der Waals surface area contributed by atoms with Crippen molar-refractivity contribution in [1.29, 1.82) is 0 Å². The van der Waals surface area contributed by atoms with Crippen molar-refractivity contribution in [1.82, 2.24) is 9.55 Å². The maximum absolute atomic E-state index is 10.8. The highest BCUT2D eigenvalue weighted by Gasteiger charge is 2.19. The van der Waals surface area contributed by atoms with Crippen LogP contribution in [-0.4, -0.2) is 28.7 Å². The molecule has 0 saturated heterocycles. The Morgan fingerprint density at radius 3 is 2.56 bits per heavy atom. The molecular weight excluding hydrogens is 336 g/mol. The minimum Gasteiger partial charge on any atom is -0.463 e. The topological polar surface area (TPSA) is 53.4 Å². The Balaban J connectivity index is 2.14.